The first-order valence-electron chi connectivity index (χ1n) is 7.30. The quantitative estimate of drug-likeness (QED) is 0.481. The van der Waals surface area contributed by atoms with Gasteiger partial charge in [-0.3, -0.25) is 20.4 Å². The third-order valence-corrected chi connectivity index (χ3v) is 4.62. The van der Waals surface area contributed by atoms with Crippen molar-refractivity contribution in [2.24, 2.45) is 0 Å². The van der Waals surface area contributed by atoms with Gasteiger partial charge in [-0.1, -0.05) is 19.1 Å². The van der Waals surface area contributed by atoms with Crippen molar-refractivity contribution in [3.63, 3.8) is 0 Å². The molecule has 24 heavy (non-hydrogen) atoms. The fourth-order valence-electron chi connectivity index (χ4n) is 1.87. The standard InChI is InChI=1S/C17H16BrIN2O3/c1-2-9-24-15-8-7-11(10-13(15)18)16(22)20-21-17(23)12-5-3-4-6-14(12)19/h3-8,10H,2,9H2,1H3,(H,20,22)(H,21,23). The molecule has 2 N–H and O–H groups in total. The molecule has 0 bridgehead atoms. The van der Waals surface area contributed by atoms with Crippen molar-refractivity contribution in [1.29, 1.82) is 0 Å². The highest BCUT2D eigenvalue weighted by Gasteiger charge is 2.12. The largest absolute Gasteiger partial charge is 0.492 e. The molecule has 0 aliphatic carbocycles. The number of amides is 2. The Morgan fingerprint density at radius 2 is 1.83 bits per heavy atom. The van der Waals surface area contributed by atoms with Gasteiger partial charge in [-0.05, 0) is 75.3 Å². The Kier molecular flexibility index (Phi) is 7.04. The van der Waals surface area contributed by atoms with E-state index in [-0.39, 0.29) is 5.91 Å². The van der Waals surface area contributed by atoms with Gasteiger partial charge in [-0.25, -0.2) is 0 Å². The lowest BCUT2D eigenvalue weighted by molar-refractivity contribution is 0.0846. The SMILES string of the molecule is CCCOc1ccc(C(=O)NNC(=O)c2ccccc2I)cc1Br. The van der Waals surface area contributed by atoms with Gasteiger partial charge in [0.2, 0.25) is 0 Å². The summed E-state index contributed by atoms with van der Waals surface area (Å²) in [5.74, 6) is -0.0939. The van der Waals surface area contributed by atoms with Crippen molar-refractivity contribution < 1.29 is 14.3 Å². The van der Waals surface area contributed by atoms with E-state index in [9.17, 15) is 9.59 Å². The van der Waals surface area contributed by atoms with Crippen LogP contribution in [0.4, 0.5) is 0 Å². The van der Waals surface area contributed by atoms with Gasteiger partial charge < -0.3 is 4.74 Å². The topological polar surface area (TPSA) is 67.4 Å². The highest BCUT2D eigenvalue weighted by molar-refractivity contribution is 14.1. The molecule has 0 saturated heterocycles. The summed E-state index contributed by atoms with van der Waals surface area (Å²) in [5, 5.41) is 0. The normalized spacial score (nSPS) is 10.1. The molecule has 0 saturated carbocycles. The van der Waals surface area contributed by atoms with E-state index in [0.29, 0.717) is 28.0 Å². The summed E-state index contributed by atoms with van der Waals surface area (Å²) in [6.45, 7) is 2.63. The summed E-state index contributed by atoms with van der Waals surface area (Å²) >= 11 is 5.45. The van der Waals surface area contributed by atoms with Crippen molar-refractivity contribution in [2.75, 3.05) is 6.61 Å². The first-order chi connectivity index (χ1) is 11.5. The van der Waals surface area contributed by atoms with E-state index < -0.39 is 5.91 Å². The number of hydrogen-bond acceptors (Lipinski definition) is 3. The van der Waals surface area contributed by atoms with E-state index in [1.807, 2.05) is 19.1 Å². The van der Waals surface area contributed by atoms with Crippen LogP contribution in [0.15, 0.2) is 46.9 Å². The van der Waals surface area contributed by atoms with Crippen LogP contribution >= 0.6 is 38.5 Å². The van der Waals surface area contributed by atoms with Crippen molar-refractivity contribution in [2.45, 2.75) is 13.3 Å². The zero-order chi connectivity index (χ0) is 17.5. The van der Waals surface area contributed by atoms with Gasteiger partial charge in [0, 0.05) is 9.13 Å². The Balaban J connectivity index is 1.99. The molecule has 0 atom stereocenters. The Morgan fingerprint density at radius 3 is 2.50 bits per heavy atom. The van der Waals surface area contributed by atoms with Crippen LogP contribution in [0.25, 0.3) is 0 Å². The molecule has 5 nitrogen and oxygen atoms in total. The van der Waals surface area contributed by atoms with Gasteiger partial charge in [0.25, 0.3) is 11.8 Å². The lowest BCUT2D eigenvalue weighted by Crippen LogP contribution is -2.41. The minimum atomic E-state index is -0.406. The summed E-state index contributed by atoms with van der Waals surface area (Å²) < 4.78 is 7.04. The number of carbonyl (C=O) groups excluding carboxylic acids is 2. The molecule has 0 aliphatic rings. The minimum Gasteiger partial charge on any atom is -0.492 e. The molecular weight excluding hydrogens is 487 g/mol. The van der Waals surface area contributed by atoms with Crippen LogP contribution < -0.4 is 15.6 Å². The smallest absolute Gasteiger partial charge is 0.270 e. The average Bonchev–Trinajstić information content (AvgIpc) is 2.58. The van der Waals surface area contributed by atoms with Crippen molar-refractivity contribution in [3.8, 4) is 5.75 Å². The van der Waals surface area contributed by atoms with E-state index >= 15 is 0 Å². The zero-order valence-electron chi connectivity index (χ0n) is 12.9. The molecule has 0 fully saturated rings. The van der Waals surface area contributed by atoms with Crippen molar-refractivity contribution in [3.05, 3.63) is 61.6 Å². The van der Waals surface area contributed by atoms with E-state index in [1.165, 1.54) is 0 Å². The first-order valence-corrected chi connectivity index (χ1v) is 9.17. The second-order valence-corrected chi connectivity index (χ2v) is 6.90. The number of ether oxygens (including phenoxy) is 1. The van der Waals surface area contributed by atoms with Gasteiger partial charge in [0.1, 0.15) is 5.75 Å². The number of hydrogen-bond donors (Lipinski definition) is 2. The molecule has 126 valence electrons. The Morgan fingerprint density at radius 1 is 1.12 bits per heavy atom. The lowest BCUT2D eigenvalue weighted by atomic mass is 10.2. The molecule has 2 rings (SSSR count). The monoisotopic (exact) mass is 502 g/mol. The highest BCUT2D eigenvalue weighted by atomic mass is 127. The Labute approximate surface area is 162 Å². The van der Waals surface area contributed by atoms with Crippen LogP contribution in [0.1, 0.15) is 34.1 Å². The molecule has 0 unspecified atom stereocenters. The summed E-state index contributed by atoms with van der Waals surface area (Å²) in [6, 6.07) is 12.1. The van der Waals surface area contributed by atoms with E-state index in [0.717, 1.165) is 9.99 Å². The second kappa shape index (κ2) is 9.03. The summed E-state index contributed by atoms with van der Waals surface area (Å²) in [6.07, 6.45) is 0.902. The molecule has 0 heterocycles. The number of halogens is 2. The first kappa shape index (κ1) is 18.7. The molecule has 0 aliphatic heterocycles. The molecule has 0 spiro atoms. The molecule has 0 radical (unpaired) electrons. The molecule has 7 heteroatoms. The van der Waals surface area contributed by atoms with Gasteiger partial charge in [-0.2, -0.15) is 0 Å². The maximum atomic E-state index is 12.2. The predicted octanol–water partition coefficient (Wildman–Crippen LogP) is 3.92. The third-order valence-electron chi connectivity index (χ3n) is 3.06. The minimum absolute atomic E-state index is 0.365. The van der Waals surface area contributed by atoms with Crippen LogP contribution in [0.2, 0.25) is 0 Å². The van der Waals surface area contributed by atoms with Crippen molar-refractivity contribution >= 4 is 50.3 Å². The van der Waals surface area contributed by atoms with Crippen LogP contribution in [-0.4, -0.2) is 18.4 Å². The van der Waals surface area contributed by atoms with E-state index in [2.05, 4.69) is 49.4 Å². The number of rotatable bonds is 5. The van der Waals surface area contributed by atoms with E-state index in [1.54, 1.807) is 30.3 Å². The molecule has 0 aromatic heterocycles. The maximum Gasteiger partial charge on any atom is 0.270 e. The van der Waals surface area contributed by atoms with Gasteiger partial charge >= 0.3 is 0 Å². The van der Waals surface area contributed by atoms with Crippen LogP contribution in [0.3, 0.4) is 0 Å². The number of benzene rings is 2. The van der Waals surface area contributed by atoms with Crippen LogP contribution in [0, 0.1) is 3.57 Å². The molecule has 2 aromatic rings. The number of carbonyl (C=O) groups is 2. The predicted molar refractivity (Wildman–Crippen MR) is 104 cm³/mol. The number of nitrogens with one attached hydrogen (secondary N) is 2. The number of hydrazine groups is 1. The Hall–Kier alpha value is -1.61. The van der Waals surface area contributed by atoms with Gasteiger partial charge in [0.05, 0.1) is 16.6 Å². The maximum absolute atomic E-state index is 12.2. The molecular formula is C17H16BrIN2O3. The van der Waals surface area contributed by atoms with E-state index in [4.69, 9.17) is 4.74 Å². The summed E-state index contributed by atoms with van der Waals surface area (Å²) in [5.41, 5.74) is 5.74. The fourth-order valence-corrected chi connectivity index (χ4v) is 3.00. The van der Waals surface area contributed by atoms with Gasteiger partial charge in [-0.15, -0.1) is 0 Å². The fraction of sp³-hybridized carbons (Fsp3) is 0.176. The molecule has 2 aromatic carbocycles. The average molecular weight is 503 g/mol. The second-order valence-electron chi connectivity index (χ2n) is 4.88. The van der Waals surface area contributed by atoms with Gasteiger partial charge in [0.15, 0.2) is 0 Å². The third kappa shape index (κ3) is 4.94. The highest BCUT2D eigenvalue weighted by Crippen LogP contribution is 2.26. The van der Waals surface area contributed by atoms with Crippen LogP contribution in [-0.2, 0) is 0 Å². The Bertz CT molecular complexity index is 752. The zero-order valence-corrected chi connectivity index (χ0v) is 16.7. The van der Waals surface area contributed by atoms with Crippen LogP contribution in [0.5, 0.6) is 5.75 Å². The summed E-state index contributed by atoms with van der Waals surface area (Å²) in [7, 11) is 0. The molecule has 2 amide bonds. The van der Waals surface area contributed by atoms with Crippen molar-refractivity contribution in [1.82, 2.24) is 10.9 Å². The lowest BCUT2D eigenvalue weighted by Gasteiger charge is -2.10. The summed E-state index contributed by atoms with van der Waals surface area (Å²) in [4.78, 5) is 24.2.